The van der Waals surface area contributed by atoms with Gasteiger partial charge in [0.15, 0.2) is 5.76 Å². The van der Waals surface area contributed by atoms with Crippen molar-refractivity contribution in [2.45, 2.75) is 13.8 Å². The summed E-state index contributed by atoms with van der Waals surface area (Å²) in [5.74, 6) is -1.66. The van der Waals surface area contributed by atoms with Crippen LogP contribution in [0.1, 0.15) is 13.8 Å². The van der Waals surface area contributed by atoms with Crippen LogP contribution in [0.4, 0.5) is 0 Å². The van der Waals surface area contributed by atoms with E-state index in [1.54, 1.807) is 13.8 Å². The van der Waals surface area contributed by atoms with E-state index in [1.165, 1.54) is 0 Å². The van der Waals surface area contributed by atoms with Gasteiger partial charge in [-0.3, -0.25) is 0 Å². The smallest absolute Gasteiger partial charge is 0.372 e. The molecule has 5 nitrogen and oxygen atoms in total. The van der Waals surface area contributed by atoms with Crippen LogP contribution in [0.3, 0.4) is 0 Å². The zero-order chi connectivity index (χ0) is 12.3. The van der Waals surface area contributed by atoms with Gasteiger partial charge in [-0.05, 0) is 20.4 Å². The summed E-state index contributed by atoms with van der Waals surface area (Å²) in [6, 6.07) is 0. The van der Waals surface area contributed by atoms with Crippen LogP contribution in [0.5, 0.6) is 0 Å². The van der Waals surface area contributed by atoms with Crippen molar-refractivity contribution >= 4 is 11.9 Å². The van der Waals surface area contributed by atoms with E-state index in [9.17, 15) is 9.59 Å². The van der Waals surface area contributed by atoms with Crippen LogP contribution in [0.15, 0.2) is 25.0 Å². The molecule has 1 N–H and O–H groups in total. The van der Waals surface area contributed by atoms with Crippen molar-refractivity contribution in [3.8, 4) is 0 Å². The van der Waals surface area contributed by atoms with Crippen molar-refractivity contribution in [1.82, 2.24) is 0 Å². The van der Waals surface area contributed by atoms with Crippen LogP contribution >= 0.6 is 0 Å². The lowest BCUT2D eigenvalue weighted by Crippen LogP contribution is -2.05. The summed E-state index contributed by atoms with van der Waals surface area (Å²) >= 11 is 0. The van der Waals surface area contributed by atoms with Gasteiger partial charge in [0.05, 0.1) is 13.2 Å². The maximum Gasteiger partial charge on any atom is 0.372 e. The Morgan fingerprint density at radius 1 is 1.27 bits per heavy atom. The first-order valence-electron chi connectivity index (χ1n) is 4.33. The SMILES string of the molecule is C=C(O)C(=O)OCC.C=CC(=O)OCC. The molecular weight excluding hydrogens is 200 g/mol. The Bertz CT molecular complexity index is 232. The zero-order valence-electron chi connectivity index (χ0n) is 8.99. The van der Waals surface area contributed by atoms with Crippen molar-refractivity contribution < 1.29 is 24.2 Å². The number of rotatable bonds is 4. The fourth-order valence-electron chi connectivity index (χ4n) is 0.416. The predicted molar refractivity (Wildman–Crippen MR) is 55.2 cm³/mol. The highest BCUT2D eigenvalue weighted by Gasteiger charge is 2.01. The lowest BCUT2D eigenvalue weighted by atomic mass is 10.6. The Morgan fingerprint density at radius 2 is 1.73 bits per heavy atom. The number of ether oxygens (including phenoxy) is 2. The van der Waals surface area contributed by atoms with Gasteiger partial charge >= 0.3 is 11.9 Å². The number of aliphatic hydroxyl groups is 1. The standard InChI is InChI=1S/C5H8O3.C5H8O2/c1-3-8-5(7)4(2)6;1-3-5(6)7-4-2/h6H,2-3H2,1H3;3H,1,4H2,2H3. The van der Waals surface area contributed by atoms with E-state index in [0.717, 1.165) is 6.08 Å². The van der Waals surface area contributed by atoms with Gasteiger partial charge in [-0.1, -0.05) is 6.58 Å². The summed E-state index contributed by atoms with van der Waals surface area (Å²) in [5.41, 5.74) is 0. The molecule has 0 aromatic carbocycles. The fraction of sp³-hybridized carbons (Fsp3) is 0.400. The number of hydrogen-bond donors (Lipinski definition) is 1. The van der Waals surface area contributed by atoms with Crippen molar-refractivity contribution in [2.24, 2.45) is 0 Å². The van der Waals surface area contributed by atoms with Gasteiger partial charge in [-0.15, -0.1) is 0 Å². The van der Waals surface area contributed by atoms with Crippen molar-refractivity contribution in [3.05, 3.63) is 25.0 Å². The first-order valence-corrected chi connectivity index (χ1v) is 4.33. The molecule has 0 aromatic heterocycles. The molecule has 0 amide bonds. The van der Waals surface area contributed by atoms with Crippen LogP contribution in [0, 0.1) is 0 Å². The Morgan fingerprint density at radius 3 is 1.87 bits per heavy atom. The van der Waals surface area contributed by atoms with E-state index in [0.29, 0.717) is 6.61 Å². The highest BCUT2D eigenvalue weighted by Crippen LogP contribution is 1.85. The molecule has 0 bridgehead atoms. The molecule has 0 aliphatic carbocycles. The molecule has 0 spiro atoms. The summed E-state index contributed by atoms with van der Waals surface area (Å²) in [5, 5.41) is 8.28. The van der Waals surface area contributed by atoms with E-state index in [1.807, 2.05) is 0 Å². The molecule has 0 aliphatic rings. The van der Waals surface area contributed by atoms with E-state index in [-0.39, 0.29) is 12.6 Å². The van der Waals surface area contributed by atoms with Gasteiger partial charge in [-0.25, -0.2) is 9.59 Å². The molecule has 0 radical (unpaired) electrons. The minimum Gasteiger partial charge on any atom is -0.502 e. The summed E-state index contributed by atoms with van der Waals surface area (Å²) in [7, 11) is 0. The predicted octanol–water partition coefficient (Wildman–Crippen LogP) is 1.36. The van der Waals surface area contributed by atoms with Crippen molar-refractivity contribution in [3.63, 3.8) is 0 Å². The normalized spacial score (nSPS) is 7.87. The van der Waals surface area contributed by atoms with Crippen molar-refractivity contribution in [1.29, 1.82) is 0 Å². The molecule has 0 fully saturated rings. The third-order valence-electron chi connectivity index (χ3n) is 0.964. The third kappa shape index (κ3) is 12.2. The highest BCUT2D eigenvalue weighted by atomic mass is 16.5. The van der Waals surface area contributed by atoms with E-state index in [4.69, 9.17) is 5.11 Å². The number of hydrogen-bond acceptors (Lipinski definition) is 5. The summed E-state index contributed by atoms with van der Waals surface area (Å²) in [6.45, 7) is 10.2. The Labute approximate surface area is 89.0 Å². The average molecular weight is 216 g/mol. The van der Waals surface area contributed by atoms with E-state index in [2.05, 4.69) is 22.6 Å². The minimum atomic E-state index is -0.757. The second-order valence-electron chi connectivity index (χ2n) is 2.12. The Balaban J connectivity index is 0. The van der Waals surface area contributed by atoms with Gasteiger partial charge in [0.25, 0.3) is 0 Å². The van der Waals surface area contributed by atoms with Gasteiger partial charge in [0.1, 0.15) is 0 Å². The lowest BCUT2D eigenvalue weighted by molar-refractivity contribution is -0.141. The minimum absolute atomic E-state index is 0.262. The molecule has 0 unspecified atom stereocenters. The maximum atomic E-state index is 10.2. The van der Waals surface area contributed by atoms with Gasteiger partial charge in [0, 0.05) is 6.08 Å². The van der Waals surface area contributed by atoms with E-state index < -0.39 is 11.7 Å². The van der Waals surface area contributed by atoms with Gasteiger partial charge < -0.3 is 14.6 Å². The monoisotopic (exact) mass is 216 g/mol. The molecule has 0 heterocycles. The molecule has 0 aromatic rings. The maximum absolute atomic E-state index is 10.2. The molecule has 5 heteroatoms. The van der Waals surface area contributed by atoms with Crippen LogP contribution in [0.25, 0.3) is 0 Å². The molecule has 0 rings (SSSR count). The quantitative estimate of drug-likeness (QED) is 0.436. The second-order valence-corrected chi connectivity index (χ2v) is 2.12. The van der Waals surface area contributed by atoms with Crippen LogP contribution in [0.2, 0.25) is 0 Å². The molecule has 0 aliphatic heterocycles. The van der Waals surface area contributed by atoms with Crippen LogP contribution in [-0.4, -0.2) is 30.3 Å². The first-order chi connectivity index (χ1) is 6.99. The Kier molecular flexibility index (Phi) is 10.8. The summed E-state index contributed by atoms with van der Waals surface area (Å²) in [4.78, 5) is 20.2. The molecule has 86 valence electrons. The highest BCUT2D eigenvalue weighted by molar-refractivity contribution is 5.84. The molecule has 15 heavy (non-hydrogen) atoms. The number of carbonyl (C=O) groups is 2. The number of carbonyl (C=O) groups excluding carboxylic acids is 2. The van der Waals surface area contributed by atoms with E-state index >= 15 is 0 Å². The van der Waals surface area contributed by atoms with Crippen LogP contribution < -0.4 is 0 Å². The number of aliphatic hydroxyl groups excluding tert-OH is 1. The average Bonchev–Trinajstić information content (AvgIpc) is 2.19. The van der Waals surface area contributed by atoms with Gasteiger partial charge in [0.2, 0.25) is 0 Å². The molecular formula is C10H16O5. The third-order valence-corrected chi connectivity index (χ3v) is 0.964. The van der Waals surface area contributed by atoms with Gasteiger partial charge in [-0.2, -0.15) is 0 Å². The topological polar surface area (TPSA) is 72.8 Å². The summed E-state index contributed by atoms with van der Waals surface area (Å²) in [6.07, 6.45) is 1.14. The zero-order valence-corrected chi connectivity index (χ0v) is 8.99. The van der Waals surface area contributed by atoms with Crippen LogP contribution in [-0.2, 0) is 19.1 Å². The number of esters is 2. The fourth-order valence-corrected chi connectivity index (χ4v) is 0.416. The summed E-state index contributed by atoms with van der Waals surface area (Å²) < 4.78 is 8.75. The Hall–Kier alpha value is -1.78. The van der Waals surface area contributed by atoms with Crippen molar-refractivity contribution in [2.75, 3.05) is 13.2 Å². The lowest BCUT2D eigenvalue weighted by Gasteiger charge is -1.95. The second kappa shape index (κ2) is 10.3. The molecule has 0 atom stereocenters. The first kappa shape index (κ1) is 15.7. The largest absolute Gasteiger partial charge is 0.502 e. The molecule has 0 saturated carbocycles. The molecule has 0 saturated heterocycles.